The molecule has 0 fully saturated rings. The zero-order valence-electron chi connectivity index (χ0n) is 12.2. The van der Waals surface area contributed by atoms with Crippen molar-refractivity contribution < 1.29 is 14.5 Å². The minimum atomic E-state index is -0.721. The Labute approximate surface area is 122 Å². The van der Waals surface area contributed by atoms with Gasteiger partial charge in [0.2, 0.25) is 11.8 Å². The third-order valence-corrected chi connectivity index (χ3v) is 2.91. The number of hydrogen-bond donors (Lipinski definition) is 1. The first-order valence-corrected chi connectivity index (χ1v) is 6.18. The van der Waals surface area contributed by atoms with Gasteiger partial charge in [-0.05, 0) is 13.1 Å². The fourth-order valence-corrected chi connectivity index (χ4v) is 1.74. The van der Waals surface area contributed by atoms with Crippen molar-refractivity contribution in [1.29, 1.82) is 0 Å². The molecule has 0 saturated heterocycles. The molecule has 0 aliphatic carbocycles. The number of primary amides is 1. The molecule has 0 aromatic heterocycles. The Morgan fingerprint density at radius 3 is 2.38 bits per heavy atom. The van der Waals surface area contributed by atoms with Crippen LogP contribution in [0.4, 0.5) is 5.69 Å². The van der Waals surface area contributed by atoms with E-state index in [0.29, 0.717) is 5.56 Å². The Balaban J connectivity index is 2.95. The molecule has 0 aliphatic rings. The molecule has 0 bridgehead atoms. The standard InChI is InChI=1S/C13H18N4O4/c1-15(2)12(18)8-16(3)7-10-5-4-9(13(14)19)6-11(10)17(20)21/h4-6H,7-8H2,1-3H3,(H2,14,19). The van der Waals surface area contributed by atoms with Gasteiger partial charge in [-0.15, -0.1) is 0 Å². The molecule has 0 heterocycles. The number of nitro benzene ring substituents is 1. The molecule has 0 saturated carbocycles. The zero-order valence-corrected chi connectivity index (χ0v) is 12.2. The average Bonchev–Trinajstić information content (AvgIpc) is 2.38. The van der Waals surface area contributed by atoms with Crippen LogP contribution >= 0.6 is 0 Å². The third-order valence-electron chi connectivity index (χ3n) is 2.91. The largest absolute Gasteiger partial charge is 0.366 e. The van der Waals surface area contributed by atoms with Crippen LogP contribution in [-0.4, -0.2) is 54.2 Å². The van der Waals surface area contributed by atoms with Gasteiger partial charge in [0.15, 0.2) is 0 Å². The minimum Gasteiger partial charge on any atom is -0.366 e. The summed E-state index contributed by atoms with van der Waals surface area (Å²) < 4.78 is 0. The van der Waals surface area contributed by atoms with Crippen molar-refractivity contribution in [3.05, 3.63) is 39.4 Å². The number of nitrogens with zero attached hydrogens (tertiary/aromatic N) is 3. The predicted molar refractivity (Wildman–Crippen MR) is 76.6 cm³/mol. The number of amides is 2. The van der Waals surface area contributed by atoms with Gasteiger partial charge in [0.05, 0.1) is 11.5 Å². The fourth-order valence-electron chi connectivity index (χ4n) is 1.74. The van der Waals surface area contributed by atoms with Crippen molar-refractivity contribution in [2.24, 2.45) is 5.73 Å². The van der Waals surface area contributed by atoms with Crippen LogP contribution in [0.2, 0.25) is 0 Å². The van der Waals surface area contributed by atoms with Crippen LogP contribution in [0.5, 0.6) is 0 Å². The summed E-state index contributed by atoms with van der Waals surface area (Å²) in [6.45, 7) is 0.358. The Morgan fingerprint density at radius 2 is 1.90 bits per heavy atom. The normalized spacial score (nSPS) is 10.5. The molecule has 0 aliphatic heterocycles. The summed E-state index contributed by atoms with van der Waals surface area (Å²) in [5.41, 5.74) is 5.42. The molecular weight excluding hydrogens is 276 g/mol. The molecule has 21 heavy (non-hydrogen) atoms. The SMILES string of the molecule is CN(CC(=O)N(C)C)Cc1ccc(C(N)=O)cc1[N+](=O)[O-]. The van der Waals surface area contributed by atoms with Gasteiger partial charge in [-0.3, -0.25) is 24.6 Å². The molecule has 1 aromatic carbocycles. The molecule has 8 heteroatoms. The summed E-state index contributed by atoms with van der Waals surface area (Å²) in [6, 6.07) is 4.07. The van der Waals surface area contributed by atoms with E-state index in [-0.39, 0.29) is 30.2 Å². The molecule has 1 rings (SSSR count). The van der Waals surface area contributed by atoms with E-state index in [0.717, 1.165) is 6.07 Å². The van der Waals surface area contributed by atoms with Crippen molar-refractivity contribution in [3.63, 3.8) is 0 Å². The van der Waals surface area contributed by atoms with E-state index in [2.05, 4.69) is 0 Å². The molecule has 1 aromatic rings. The minimum absolute atomic E-state index is 0.0810. The summed E-state index contributed by atoms with van der Waals surface area (Å²) in [6.07, 6.45) is 0. The second kappa shape index (κ2) is 6.80. The van der Waals surface area contributed by atoms with Crippen LogP contribution < -0.4 is 5.73 Å². The number of benzene rings is 1. The van der Waals surface area contributed by atoms with E-state index >= 15 is 0 Å². The number of hydrogen-bond acceptors (Lipinski definition) is 5. The maximum Gasteiger partial charge on any atom is 0.274 e. The quantitative estimate of drug-likeness (QED) is 0.596. The second-order valence-corrected chi connectivity index (χ2v) is 4.93. The van der Waals surface area contributed by atoms with Crippen LogP contribution in [0.25, 0.3) is 0 Å². The number of carbonyl (C=O) groups excluding carboxylic acids is 2. The predicted octanol–water partition coefficient (Wildman–Crippen LogP) is 0.214. The lowest BCUT2D eigenvalue weighted by Gasteiger charge is -2.19. The average molecular weight is 294 g/mol. The Morgan fingerprint density at radius 1 is 1.29 bits per heavy atom. The van der Waals surface area contributed by atoms with E-state index < -0.39 is 10.8 Å². The highest BCUT2D eigenvalue weighted by atomic mass is 16.6. The number of carbonyl (C=O) groups is 2. The van der Waals surface area contributed by atoms with Crippen LogP contribution in [0.15, 0.2) is 18.2 Å². The van der Waals surface area contributed by atoms with Crippen LogP contribution in [0.1, 0.15) is 15.9 Å². The van der Waals surface area contributed by atoms with Crippen LogP contribution in [0, 0.1) is 10.1 Å². The Bertz CT molecular complexity index is 571. The molecule has 0 radical (unpaired) electrons. The van der Waals surface area contributed by atoms with Gasteiger partial charge in [-0.25, -0.2) is 0 Å². The molecule has 2 N–H and O–H groups in total. The zero-order chi connectivity index (χ0) is 16.2. The molecule has 114 valence electrons. The number of nitro groups is 1. The van der Waals surface area contributed by atoms with Crippen molar-refractivity contribution in [2.45, 2.75) is 6.54 Å². The van der Waals surface area contributed by atoms with Gasteiger partial charge in [0.25, 0.3) is 5.69 Å². The lowest BCUT2D eigenvalue weighted by Crippen LogP contribution is -2.34. The van der Waals surface area contributed by atoms with Crippen molar-refractivity contribution in [1.82, 2.24) is 9.80 Å². The highest BCUT2D eigenvalue weighted by Gasteiger charge is 2.18. The molecular formula is C13H18N4O4. The van der Waals surface area contributed by atoms with Crippen molar-refractivity contribution >= 4 is 17.5 Å². The third kappa shape index (κ3) is 4.53. The lowest BCUT2D eigenvalue weighted by atomic mass is 10.1. The maximum atomic E-state index is 11.6. The summed E-state index contributed by atoms with van der Waals surface area (Å²) in [7, 11) is 4.97. The van der Waals surface area contributed by atoms with E-state index in [9.17, 15) is 19.7 Å². The summed E-state index contributed by atoms with van der Waals surface area (Å²) in [5.74, 6) is -0.824. The maximum absolute atomic E-state index is 11.6. The van der Waals surface area contributed by atoms with Gasteiger partial charge < -0.3 is 10.6 Å². The van der Waals surface area contributed by atoms with Gasteiger partial charge >= 0.3 is 0 Å². The highest BCUT2D eigenvalue weighted by Crippen LogP contribution is 2.21. The smallest absolute Gasteiger partial charge is 0.274 e. The first kappa shape index (κ1) is 16.6. The summed E-state index contributed by atoms with van der Waals surface area (Å²) >= 11 is 0. The number of rotatable bonds is 6. The van der Waals surface area contributed by atoms with Gasteiger partial charge in [-0.1, -0.05) is 6.07 Å². The van der Waals surface area contributed by atoms with E-state index in [1.165, 1.54) is 17.0 Å². The number of nitrogens with two attached hydrogens (primary N) is 1. The van der Waals surface area contributed by atoms with Gasteiger partial charge in [-0.2, -0.15) is 0 Å². The van der Waals surface area contributed by atoms with E-state index in [4.69, 9.17) is 5.73 Å². The number of likely N-dealkylation sites (N-methyl/N-ethyl adjacent to an activating group) is 2. The molecule has 2 amide bonds. The Hall–Kier alpha value is -2.48. The molecule has 0 atom stereocenters. The topological polar surface area (TPSA) is 110 Å². The molecule has 0 spiro atoms. The molecule has 8 nitrogen and oxygen atoms in total. The monoisotopic (exact) mass is 294 g/mol. The Kier molecular flexibility index (Phi) is 5.37. The first-order valence-electron chi connectivity index (χ1n) is 6.18. The van der Waals surface area contributed by atoms with Gasteiger partial charge in [0, 0.05) is 37.8 Å². The van der Waals surface area contributed by atoms with Crippen molar-refractivity contribution in [2.75, 3.05) is 27.7 Å². The van der Waals surface area contributed by atoms with E-state index in [1.54, 1.807) is 26.0 Å². The lowest BCUT2D eigenvalue weighted by molar-refractivity contribution is -0.385. The highest BCUT2D eigenvalue weighted by molar-refractivity contribution is 5.93. The van der Waals surface area contributed by atoms with E-state index in [1.807, 2.05) is 0 Å². The van der Waals surface area contributed by atoms with Crippen molar-refractivity contribution in [3.8, 4) is 0 Å². The van der Waals surface area contributed by atoms with Crippen LogP contribution in [0.3, 0.4) is 0 Å². The molecule has 0 unspecified atom stereocenters. The van der Waals surface area contributed by atoms with Crippen LogP contribution in [-0.2, 0) is 11.3 Å². The summed E-state index contributed by atoms with van der Waals surface area (Å²) in [5, 5.41) is 11.1. The second-order valence-electron chi connectivity index (χ2n) is 4.93. The van der Waals surface area contributed by atoms with Gasteiger partial charge in [0.1, 0.15) is 0 Å². The fraction of sp³-hybridized carbons (Fsp3) is 0.385. The summed E-state index contributed by atoms with van der Waals surface area (Å²) in [4.78, 5) is 36.3. The first-order chi connectivity index (χ1) is 9.72.